The summed E-state index contributed by atoms with van der Waals surface area (Å²) in [5, 5.41) is 10.7. The van der Waals surface area contributed by atoms with E-state index in [0.29, 0.717) is 19.6 Å². The zero-order valence-electron chi connectivity index (χ0n) is 10.8. The Labute approximate surface area is 99.4 Å². The van der Waals surface area contributed by atoms with Crippen molar-refractivity contribution in [2.45, 2.75) is 57.5 Å². The number of methoxy groups -OCH3 is 1. The van der Waals surface area contributed by atoms with E-state index in [4.69, 9.17) is 10.5 Å². The summed E-state index contributed by atoms with van der Waals surface area (Å²) in [6.07, 6.45) is 7.74. The van der Waals surface area contributed by atoms with Crippen molar-refractivity contribution < 1.29 is 9.84 Å². The van der Waals surface area contributed by atoms with Crippen LogP contribution in [0.2, 0.25) is 0 Å². The van der Waals surface area contributed by atoms with Gasteiger partial charge in [0.25, 0.3) is 0 Å². The third-order valence-corrected chi connectivity index (χ3v) is 4.39. The van der Waals surface area contributed by atoms with Crippen LogP contribution < -0.4 is 5.73 Å². The van der Waals surface area contributed by atoms with Gasteiger partial charge >= 0.3 is 0 Å². The van der Waals surface area contributed by atoms with Crippen molar-refractivity contribution in [1.82, 2.24) is 0 Å². The third-order valence-electron chi connectivity index (χ3n) is 4.39. The minimum Gasteiger partial charge on any atom is -0.389 e. The standard InChI is InChI=1S/C13H27NO2/c1-12(15,9-10-16-2)13(11-14)7-5-3-4-6-8-13/h15H,3-11,14H2,1-2H3. The molecule has 3 N–H and O–H groups in total. The molecule has 3 heteroatoms. The minimum absolute atomic E-state index is 0.0952. The summed E-state index contributed by atoms with van der Waals surface area (Å²) in [6, 6.07) is 0. The van der Waals surface area contributed by atoms with Gasteiger partial charge in [-0.1, -0.05) is 25.7 Å². The zero-order valence-corrected chi connectivity index (χ0v) is 10.8. The van der Waals surface area contributed by atoms with Crippen LogP contribution in [-0.4, -0.2) is 31.0 Å². The largest absolute Gasteiger partial charge is 0.389 e. The molecule has 0 spiro atoms. The molecule has 3 nitrogen and oxygen atoms in total. The van der Waals surface area contributed by atoms with Gasteiger partial charge in [0.05, 0.1) is 5.60 Å². The van der Waals surface area contributed by atoms with E-state index >= 15 is 0 Å². The molecule has 0 saturated heterocycles. The van der Waals surface area contributed by atoms with Crippen LogP contribution in [0.15, 0.2) is 0 Å². The molecule has 1 saturated carbocycles. The third kappa shape index (κ3) is 2.96. The van der Waals surface area contributed by atoms with E-state index in [-0.39, 0.29) is 5.41 Å². The fourth-order valence-corrected chi connectivity index (χ4v) is 2.93. The summed E-state index contributed by atoms with van der Waals surface area (Å²) < 4.78 is 5.09. The van der Waals surface area contributed by atoms with E-state index in [1.54, 1.807) is 7.11 Å². The fourth-order valence-electron chi connectivity index (χ4n) is 2.93. The van der Waals surface area contributed by atoms with Crippen LogP contribution in [0.5, 0.6) is 0 Å². The van der Waals surface area contributed by atoms with Crippen LogP contribution in [0.25, 0.3) is 0 Å². The summed E-state index contributed by atoms with van der Waals surface area (Å²) in [4.78, 5) is 0. The Morgan fingerprint density at radius 2 is 1.81 bits per heavy atom. The molecule has 1 aliphatic rings. The van der Waals surface area contributed by atoms with Gasteiger partial charge in [0, 0.05) is 25.7 Å². The number of ether oxygens (including phenoxy) is 1. The van der Waals surface area contributed by atoms with Crippen molar-refractivity contribution in [3.8, 4) is 0 Å². The van der Waals surface area contributed by atoms with Gasteiger partial charge in [0.1, 0.15) is 0 Å². The zero-order chi connectivity index (χ0) is 12.1. The molecule has 16 heavy (non-hydrogen) atoms. The molecule has 1 rings (SSSR count). The number of aliphatic hydroxyl groups is 1. The van der Waals surface area contributed by atoms with Crippen molar-refractivity contribution in [3.63, 3.8) is 0 Å². The van der Waals surface area contributed by atoms with E-state index in [1.165, 1.54) is 25.7 Å². The maximum Gasteiger partial charge on any atom is 0.0709 e. The molecule has 0 radical (unpaired) electrons. The smallest absolute Gasteiger partial charge is 0.0709 e. The van der Waals surface area contributed by atoms with Crippen LogP contribution in [0.4, 0.5) is 0 Å². The molecule has 1 aliphatic carbocycles. The normalized spacial score (nSPS) is 24.8. The number of hydrogen-bond acceptors (Lipinski definition) is 3. The highest BCUT2D eigenvalue weighted by molar-refractivity contribution is 4.97. The van der Waals surface area contributed by atoms with Crippen molar-refractivity contribution >= 4 is 0 Å². The summed E-state index contributed by atoms with van der Waals surface area (Å²) in [6.45, 7) is 3.13. The molecular weight excluding hydrogens is 202 g/mol. The molecule has 0 aliphatic heterocycles. The maximum atomic E-state index is 10.7. The van der Waals surface area contributed by atoms with E-state index in [2.05, 4.69) is 0 Å². The van der Waals surface area contributed by atoms with Crippen LogP contribution in [0, 0.1) is 5.41 Å². The lowest BCUT2D eigenvalue weighted by Gasteiger charge is -2.45. The first-order chi connectivity index (χ1) is 7.58. The van der Waals surface area contributed by atoms with Gasteiger partial charge in [-0.25, -0.2) is 0 Å². The summed E-state index contributed by atoms with van der Waals surface area (Å²) in [7, 11) is 1.68. The quantitative estimate of drug-likeness (QED) is 0.710. The molecule has 1 fully saturated rings. The van der Waals surface area contributed by atoms with Gasteiger partial charge in [0.15, 0.2) is 0 Å². The summed E-state index contributed by atoms with van der Waals surface area (Å²) in [5.74, 6) is 0. The van der Waals surface area contributed by atoms with Crippen molar-refractivity contribution in [3.05, 3.63) is 0 Å². The second-order valence-corrected chi connectivity index (χ2v) is 5.42. The lowest BCUT2D eigenvalue weighted by molar-refractivity contribution is -0.0908. The Morgan fingerprint density at radius 1 is 1.25 bits per heavy atom. The topological polar surface area (TPSA) is 55.5 Å². The average Bonchev–Trinajstić information content (AvgIpc) is 2.52. The SMILES string of the molecule is COCCC(C)(O)C1(CN)CCCCCC1. The number of rotatable bonds is 5. The highest BCUT2D eigenvalue weighted by Gasteiger charge is 2.45. The molecule has 1 atom stereocenters. The predicted octanol–water partition coefficient (Wildman–Crippen LogP) is 2.07. The molecular formula is C13H27NO2. The van der Waals surface area contributed by atoms with Crippen molar-refractivity contribution in [1.29, 1.82) is 0 Å². The van der Waals surface area contributed by atoms with E-state index in [9.17, 15) is 5.11 Å². The first-order valence-electron chi connectivity index (χ1n) is 6.49. The first-order valence-corrected chi connectivity index (χ1v) is 6.49. The molecule has 0 aromatic carbocycles. The Morgan fingerprint density at radius 3 is 2.25 bits per heavy atom. The van der Waals surface area contributed by atoms with Crippen LogP contribution in [-0.2, 0) is 4.74 Å². The lowest BCUT2D eigenvalue weighted by Crippen LogP contribution is -2.51. The Balaban J connectivity index is 2.74. The van der Waals surface area contributed by atoms with Crippen molar-refractivity contribution in [2.24, 2.45) is 11.1 Å². The van der Waals surface area contributed by atoms with Crippen molar-refractivity contribution in [2.75, 3.05) is 20.3 Å². The minimum atomic E-state index is -0.692. The van der Waals surface area contributed by atoms with E-state index < -0.39 is 5.60 Å². The Hall–Kier alpha value is -0.120. The summed E-state index contributed by atoms with van der Waals surface area (Å²) >= 11 is 0. The molecule has 96 valence electrons. The number of hydrogen-bond donors (Lipinski definition) is 2. The molecule has 0 bridgehead atoms. The lowest BCUT2D eigenvalue weighted by atomic mass is 9.66. The van der Waals surface area contributed by atoms with Gasteiger partial charge in [-0.3, -0.25) is 0 Å². The highest BCUT2D eigenvalue weighted by Crippen LogP contribution is 2.44. The molecule has 0 heterocycles. The molecule has 0 aromatic rings. The van der Waals surface area contributed by atoms with E-state index in [0.717, 1.165) is 12.8 Å². The van der Waals surface area contributed by atoms with Gasteiger partial charge in [-0.05, 0) is 26.2 Å². The summed E-state index contributed by atoms with van der Waals surface area (Å²) in [5.41, 5.74) is 5.18. The molecule has 0 amide bonds. The Bertz CT molecular complexity index is 196. The number of nitrogens with two attached hydrogens (primary N) is 1. The van der Waals surface area contributed by atoms with Crippen LogP contribution >= 0.6 is 0 Å². The molecule has 0 aromatic heterocycles. The second kappa shape index (κ2) is 5.99. The van der Waals surface area contributed by atoms with Gasteiger partial charge in [-0.2, -0.15) is 0 Å². The van der Waals surface area contributed by atoms with E-state index in [1.807, 2.05) is 6.92 Å². The fraction of sp³-hybridized carbons (Fsp3) is 1.00. The monoisotopic (exact) mass is 229 g/mol. The highest BCUT2D eigenvalue weighted by atomic mass is 16.5. The van der Waals surface area contributed by atoms with Crippen LogP contribution in [0.3, 0.4) is 0 Å². The van der Waals surface area contributed by atoms with Gasteiger partial charge < -0.3 is 15.6 Å². The first kappa shape index (κ1) is 13.9. The average molecular weight is 229 g/mol. The van der Waals surface area contributed by atoms with Crippen LogP contribution in [0.1, 0.15) is 51.9 Å². The maximum absolute atomic E-state index is 10.7. The predicted molar refractivity (Wildman–Crippen MR) is 66.3 cm³/mol. The Kier molecular flexibility index (Phi) is 5.22. The van der Waals surface area contributed by atoms with Gasteiger partial charge in [-0.15, -0.1) is 0 Å². The van der Waals surface area contributed by atoms with Gasteiger partial charge in [0.2, 0.25) is 0 Å². The molecule has 1 unspecified atom stereocenters. The second-order valence-electron chi connectivity index (χ2n) is 5.42.